The number of rotatable bonds is 6. The fourth-order valence-electron chi connectivity index (χ4n) is 3.21. The first-order valence-corrected chi connectivity index (χ1v) is 8.90. The molecule has 0 bridgehead atoms. The molecule has 1 saturated heterocycles. The van der Waals surface area contributed by atoms with Crippen LogP contribution in [0.2, 0.25) is 0 Å². The Morgan fingerprint density at radius 2 is 2.08 bits per heavy atom. The third kappa shape index (κ3) is 4.57. The fraction of sp³-hybridized carbons (Fsp3) is 0.579. The van der Waals surface area contributed by atoms with E-state index in [4.69, 9.17) is 0 Å². The van der Waals surface area contributed by atoms with Crippen molar-refractivity contribution in [3.05, 3.63) is 29.8 Å². The van der Waals surface area contributed by atoms with Crippen LogP contribution in [0.15, 0.2) is 24.3 Å². The molecule has 1 aromatic carbocycles. The van der Waals surface area contributed by atoms with Crippen molar-refractivity contribution in [1.82, 2.24) is 4.90 Å². The Kier molecular flexibility index (Phi) is 6.79. The average molecular weight is 332 g/mol. The molecular formula is C19H28N2O3. The second-order valence-corrected chi connectivity index (χ2v) is 6.53. The number of anilines is 1. The highest BCUT2D eigenvalue weighted by Gasteiger charge is 2.24. The zero-order valence-electron chi connectivity index (χ0n) is 14.6. The summed E-state index contributed by atoms with van der Waals surface area (Å²) in [6.45, 7) is 5.44. The van der Waals surface area contributed by atoms with E-state index in [1.807, 2.05) is 19.9 Å². The van der Waals surface area contributed by atoms with E-state index in [1.165, 1.54) is 0 Å². The fourth-order valence-corrected chi connectivity index (χ4v) is 3.21. The van der Waals surface area contributed by atoms with E-state index in [9.17, 15) is 14.7 Å². The number of aliphatic hydroxyl groups is 1. The number of hydrogen-bond donors (Lipinski definition) is 2. The molecule has 0 aliphatic carbocycles. The maximum absolute atomic E-state index is 12.7. The molecule has 5 heteroatoms. The number of nitrogens with zero attached hydrogens (tertiary/aromatic N) is 1. The lowest BCUT2D eigenvalue weighted by atomic mass is 9.98. The molecule has 0 spiro atoms. The van der Waals surface area contributed by atoms with E-state index in [-0.39, 0.29) is 30.3 Å². The van der Waals surface area contributed by atoms with Crippen molar-refractivity contribution in [3.8, 4) is 0 Å². The number of benzene rings is 1. The van der Waals surface area contributed by atoms with Crippen molar-refractivity contribution in [2.45, 2.75) is 39.5 Å². The third-order valence-electron chi connectivity index (χ3n) is 4.80. The lowest BCUT2D eigenvalue weighted by Crippen LogP contribution is -2.40. The summed E-state index contributed by atoms with van der Waals surface area (Å²) in [4.78, 5) is 26.7. The van der Waals surface area contributed by atoms with Crippen LogP contribution in [0.4, 0.5) is 5.69 Å². The van der Waals surface area contributed by atoms with Crippen LogP contribution in [-0.2, 0) is 4.79 Å². The topological polar surface area (TPSA) is 69.6 Å². The minimum Gasteiger partial charge on any atom is -0.396 e. The normalized spacial score (nSPS) is 17.8. The summed E-state index contributed by atoms with van der Waals surface area (Å²) in [6, 6.07) is 7.12. The van der Waals surface area contributed by atoms with Crippen molar-refractivity contribution in [2.24, 2.45) is 11.8 Å². The van der Waals surface area contributed by atoms with Gasteiger partial charge in [-0.25, -0.2) is 0 Å². The van der Waals surface area contributed by atoms with Crippen molar-refractivity contribution < 1.29 is 14.7 Å². The summed E-state index contributed by atoms with van der Waals surface area (Å²) in [5, 5.41) is 12.2. The van der Waals surface area contributed by atoms with Crippen LogP contribution in [0.5, 0.6) is 0 Å². The number of nitrogens with one attached hydrogen (secondary N) is 1. The summed E-state index contributed by atoms with van der Waals surface area (Å²) in [7, 11) is 0. The predicted molar refractivity (Wildman–Crippen MR) is 94.9 cm³/mol. The Balaban J connectivity index is 2.06. The molecule has 132 valence electrons. The number of carbonyl (C=O) groups excluding carboxylic acids is 2. The molecule has 1 unspecified atom stereocenters. The van der Waals surface area contributed by atoms with Crippen LogP contribution >= 0.6 is 0 Å². The van der Waals surface area contributed by atoms with E-state index >= 15 is 0 Å². The quantitative estimate of drug-likeness (QED) is 0.841. The first-order valence-electron chi connectivity index (χ1n) is 8.90. The molecule has 24 heavy (non-hydrogen) atoms. The van der Waals surface area contributed by atoms with Gasteiger partial charge in [-0.1, -0.05) is 19.9 Å². The van der Waals surface area contributed by atoms with Crippen molar-refractivity contribution in [1.29, 1.82) is 0 Å². The lowest BCUT2D eigenvalue weighted by Gasteiger charge is -2.32. The second-order valence-electron chi connectivity index (χ2n) is 6.53. The minimum atomic E-state index is -0.0354. The van der Waals surface area contributed by atoms with Crippen LogP contribution < -0.4 is 5.32 Å². The van der Waals surface area contributed by atoms with E-state index in [0.717, 1.165) is 32.2 Å². The number of piperidine rings is 1. The second kappa shape index (κ2) is 8.83. The zero-order chi connectivity index (χ0) is 17.5. The van der Waals surface area contributed by atoms with Gasteiger partial charge in [0.05, 0.1) is 0 Å². The standard InChI is InChI=1S/C19H28N2O3/c1-3-15(4-2)18(23)20-17-9-5-8-16(11-17)19(24)21-10-6-7-14(12-21)13-22/h5,8-9,11,14-15,22H,3-4,6-7,10,12-13H2,1-2H3,(H,20,23). The molecule has 0 aromatic heterocycles. The Morgan fingerprint density at radius 1 is 1.33 bits per heavy atom. The lowest BCUT2D eigenvalue weighted by molar-refractivity contribution is -0.120. The molecule has 0 radical (unpaired) electrons. The van der Waals surface area contributed by atoms with Gasteiger partial charge in [-0.3, -0.25) is 9.59 Å². The molecule has 0 saturated carbocycles. The van der Waals surface area contributed by atoms with Crippen LogP contribution in [0.25, 0.3) is 0 Å². The van der Waals surface area contributed by atoms with Gasteiger partial charge in [0.2, 0.25) is 5.91 Å². The number of amides is 2. The molecule has 1 atom stereocenters. The third-order valence-corrected chi connectivity index (χ3v) is 4.80. The Hall–Kier alpha value is -1.88. The number of likely N-dealkylation sites (tertiary alicyclic amines) is 1. The summed E-state index contributed by atoms with van der Waals surface area (Å²) < 4.78 is 0. The first-order chi connectivity index (χ1) is 11.6. The van der Waals surface area contributed by atoms with Gasteiger partial charge in [-0.15, -0.1) is 0 Å². The number of hydrogen-bond acceptors (Lipinski definition) is 3. The van der Waals surface area contributed by atoms with Crippen molar-refractivity contribution >= 4 is 17.5 Å². The van der Waals surface area contributed by atoms with Gasteiger partial charge in [0.1, 0.15) is 0 Å². The minimum absolute atomic E-state index is 0.00270. The molecule has 1 aliphatic rings. The summed E-state index contributed by atoms with van der Waals surface area (Å²) in [5.74, 6) is 0.131. The van der Waals surface area contributed by atoms with Crippen LogP contribution in [-0.4, -0.2) is 41.5 Å². The predicted octanol–water partition coefficient (Wildman–Crippen LogP) is 2.91. The first kappa shape index (κ1) is 18.5. The maximum Gasteiger partial charge on any atom is 0.253 e. The van der Waals surface area contributed by atoms with E-state index in [0.29, 0.717) is 17.8 Å². The maximum atomic E-state index is 12.7. The molecule has 1 aliphatic heterocycles. The molecular weight excluding hydrogens is 304 g/mol. The van der Waals surface area contributed by atoms with Crippen LogP contribution in [0, 0.1) is 11.8 Å². The summed E-state index contributed by atoms with van der Waals surface area (Å²) in [6.07, 6.45) is 3.49. The van der Waals surface area contributed by atoms with Gasteiger partial charge in [0.15, 0.2) is 0 Å². The van der Waals surface area contributed by atoms with Gasteiger partial charge in [0.25, 0.3) is 5.91 Å². The molecule has 1 heterocycles. The van der Waals surface area contributed by atoms with E-state index in [2.05, 4.69) is 5.32 Å². The number of carbonyl (C=O) groups is 2. The molecule has 2 N–H and O–H groups in total. The average Bonchev–Trinajstić information content (AvgIpc) is 2.62. The van der Waals surface area contributed by atoms with Crippen molar-refractivity contribution in [2.75, 3.05) is 25.0 Å². The molecule has 2 rings (SSSR count). The Labute approximate surface area is 144 Å². The highest BCUT2D eigenvalue weighted by molar-refractivity contribution is 5.97. The van der Waals surface area contributed by atoms with Crippen molar-refractivity contribution in [3.63, 3.8) is 0 Å². The monoisotopic (exact) mass is 332 g/mol. The summed E-state index contributed by atoms with van der Waals surface area (Å²) in [5.41, 5.74) is 1.24. The summed E-state index contributed by atoms with van der Waals surface area (Å²) >= 11 is 0. The smallest absolute Gasteiger partial charge is 0.253 e. The Morgan fingerprint density at radius 3 is 2.75 bits per heavy atom. The molecule has 2 amide bonds. The van der Waals surface area contributed by atoms with E-state index < -0.39 is 0 Å². The van der Waals surface area contributed by atoms with Crippen LogP contribution in [0.3, 0.4) is 0 Å². The van der Waals surface area contributed by atoms with Gasteiger partial charge in [-0.05, 0) is 49.8 Å². The van der Waals surface area contributed by atoms with Gasteiger partial charge >= 0.3 is 0 Å². The molecule has 1 aromatic rings. The van der Waals surface area contributed by atoms with E-state index in [1.54, 1.807) is 23.1 Å². The SMILES string of the molecule is CCC(CC)C(=O)Nc1cccc(C(=O)N2CCCC(CO)C2)c1. The zero-order valence-corrected chi connectivity index (χ0v) is 14.6. The highest BCUT2D eigenvalue weighted by Crippen LogP contribution is 2.20. The van der Waals surface area contributed by atoms with Gasteiger partial charge < -0.3 is 15.3 Å². The highest BCUT2D eigenvalue weighted by atomic mass is 16.3. The van der Waals surface area contributed by atoms with Gasteiger partial charge in [0, 0.05) is 36.9 Å². The Bertz CT molecular complexity index is 569. The number of aliphatic hydroxyl groups excluding tert-OH is 1. The largest absolute Gasteiger partial charge is 0.396 e. The van der Waals surface area contributed by atoms with Gasteiger partial charge in [-0.2, -0.15) is 0 Å². The molecule has 5 nitrogen and oxygen atoms in total. The molecule has 1 fully saturated rings. The van der Waals surface area contributed by atoms with Crippen LogP contribution in [0.1, 0.15) is 49.9 Å².